The molecule has 0 radical (unpaired) electrons. The number of hydrogen-bond acceptors (Lipinski definition) is 8. The maximum atomic E-state index is 14.2. The third-order valence-electron chi connectivity index (χ3n) is 7.78. The summed E-state index contributed by atoms with van der Waals surface area (Å²) in [6.07, 6.45) is 8.42. The van der Waals surface area contributed by atoms with Crippen LogP contribution in [-0.4, -0.2) is 91.7 Å². The van der Waals surface area contributed by atoms with Crippen LogP contribution in [-0.2, 0) is 30.5 Å². The molecule has 1 N–H and O–H groups in total. The monoisotopic (exact) mass is 507 g/mol. The van der Waals surface area contributed by atoms with Gasteiger partial charge in [0.2, 0.25) is 5.91 Å². The number of hydrogen-bond donors (Lipinski definition) is 1. The largest absolute Gasteiger partial charge is 0.461 e. The predicted octanol–water partition coefficient (Wildman–Crippen LogP) is 0.644. The van der Waals surface area contributed by atoms with Crippen LogP contribution in [0.15, 0.2) is 48.6 Å². The Morgan fingerprint density at radius 1 is 1.08 bits per heavy atom. The number of benzene rings is 1. The summed E-state index contributed by atoms with van der Waals surface area (Å²) >= 11 is 0. The molecule has 194 valence electrons. The van der Waals surface area contributed by atoms with Crippen LogP contribution in [0.3, 0.4) is 0 Å². The van der Waals surface area contributed by atoms with Gasteiger partial charge in [0.05, 0.1) is 17.5 Å². The van der Waals surface area contributed by atoms with Crippen LogP contribution < -0.4 is 0 Å². The Bertz CT molecular complexity index is 1290. The van der Waals surface area contributed by atoms with Gasteiger partial charge in [-0.15, -0.1) is 5.10 Å². The van der Waals surface area contributed by atoms with Crippen molar-refractivity contribution in [3.05, 3.63) is 48.6 Å². The molecule has 1 unspecified atom stereocenters. The van der Waals surface area contributed by atoms with E-state index in [1.54, 1.807) is 32.7 Å². The number of unbranched alkanes of at least 4 members (excludes halogenated alkanes) is 2. The number of nitrogens with zero attached hydrogens (tertiary/aromatic N) is 5. The van der Waals surface area contributed by atoms with Crippen molar-refractivity contribution in [1.82, 2.24) is 24.8 Å². The molecule has 4 aliphatic rings. The molecule has 5 heterocycles. The summed E-state index contributed by atoms with van der Waals surface area (Å²) in [5, 5.41) is 17.6. The molecule has 2 aromatic rings. The van der Waals surface area contributed by atoms with Crippen molar-refractivity contribution in [3.8, 4) is 0 Å². The van der Waals surface area contributed by atoms with Crippen LogP contribution in [0.2, 0.25) is 0 Å². The number of para-hydroxylation sites is 1. The Hall–Kier alpha value is -3.57. The van der Waals surface area contributed by atoms with Gasteiger partial charge in [0.25, 0.3) is 5.91 Å². The molecule has 2 fully saturated rings. The molecule has 37 heavy (non-hydrogen) atoms. The van der Waals surface area contributed by atoms with Gasteiger partial charge in [0.1, 0.15) is 36.4 Å². The number of likely N-dealkylation sites (tertiary alicyclic amines) is 1. The van der Waals surface area contributed by atoms with Gasteiger partial charge in [-0.3, -0.25) is 14.4 Å². The summed E-state index contributed by atoms with van der Waals surface area (Å²) in [5.41, 5.74) is 0.245. The van der Waals surface area contributed by atoms with Gasteiger partial charge in [-0.05, 0) is 37.5 Å². The highest BCUT2D eigenvalue weighted by Gasteiger charge is 2.71. The van der Waals surface area contributed by atoms with Crippen molar-refractivity contribution >= 4 is 28.8 Å². The van der Waals surface area contributed by atoms with Gasteiger partial charge < -0.3 is 24.4 Å². The second-order valence-corrected chi connectivity index (χ2v) is 9.90. The minimum Gasteiger partial charge on any atom is -0.461 e. The van der Waals surface area contributed by atoms with Crippen molar-refractivity contribution in [2.75, 3.05) is 26.3 Å². The lowest BCUT2D eigenvalue weighted by Gasteiger charge is -2.35. The van der Waals surface area contributed by atoms with Crippen LogP contribution in [0.4, 0.5) is 0 Å². The zero-order valence-corrected chi connectivity index (χ0v) is 20.3. The second-order valence-electron chi connectivity index (χ2n) is 9.90. The SMILES string of the molecule is O=C1OCC=C[C@H]2O[C@]34C=CCN(Cn5nnc6ccccc65)C(=O)C3N(CCCCCO)C(=O)[C@@H]4[C@@H]12. The first-order valence-electron chi connectivity index (χ1n) is 12.7. The molecule has 11 heteroatoms. The van der Waals surface area contributed by atoms with E-state index in [4.69, 9.17) is 9.47 Å². The van der Waals surface area contributed by atoms with Gasteiger partial charge in [-0.2, -0.15) is 0 Å². The van der Waals surface area contributed by atoms with Crippen molar-refractivity contribution in [1.29, 1.82) is 0 Å². The highest BCUT2D eigenvalue weighted by Crippen LogP contribution is 2.53. The van der Waals surface area contributed by atoms with Gasteiger partial charge in [0, 0.05) is 19.7 Å². The van der Waals surface area contributed by atoms with E-state index in [0.717, 1.165) is 11.0 Å². The molecule has 5 atom stereocenters. The average Bonchev–Trinajstić information content (AvgIpc) is 3.44. The van der Waals surface area contributed by atoms with Gasteiger partial charge in [-0.25, -0.2) is 4.68 Å². The summed E-state index contributed by atoms with van der Waals surface area (Å²) in [5.74, 6) is -2.71. The molecular formula is C26H29N5O6. The predicted molar refractivity (Wildman–Crippen MR) is 130 cm³/mol. The van der Waals surface area contributed by atoms with Crippen molar-refractivity contribution in [2.45, 2.75) is 43.7 Å². The topological polar surface area (TPSA) is 127 Å². The first kappa shape index (κ1) is 23.8. The summed E-state index contributed by atoms with van der Waals surface area (Å²) in [7, 11) is 0. The van der Waals surface area contributed by atoms with Crippen molar-refractivity contribution in [3.63, 3.8) is 0 Å². The van der Waals surface area contributed by atoms with Crippen LogP contribution >= 0.6 is 0 Å². The van der Waals surface area contributed by atoms with Crippen LogP contribution in [0.5, 0.6) is 0 Å². The van der Waals surface area contributed by atoms with E-state index in [2.05, 4.69) is 10.3 Å². The Balaban J connectivity index is 1.36. The van der Waals surface area contributed by atoms with Gasteiger partial charge in [-0.1, -0.05) is 35.6 Å². The molecule has 11 nitrogen and oxygen atoms in total. The highest BCUT2D eigenvalue weighted by molar-refractivity contribution is 5.99. The minimum absolute atomic E-state index is 0.0658. The molecule has 1 aromatic carbocycles. The van der Waals surface area contributed by atoms with Crippen molar-refractivity contribution < 1.29 is 29.0 Å². The van der Waals surface area contributed by atoms with Crippen LogP contribution in [0, 0.1) is 11.8 Å². The molecule has 6 rings (SSSR count). The van der Waals surface area contributed by atoms with E-state index in [-0.39, 0.29) is 31.7 Å². The fraction of sp³-hybridized carbons (Fsp3) is 0.500. The number of carbonyl (C=O) groups is 3. The lowest BCUT2D eigenvalue weighted by atomic mass is 9.78. The minimum atomic E-state index is -1.28. The molecule has 2 amide bonds. The molecule has 0 aliphatic carbocycles. The molecule has 0 saturated carbocycles. The number of aromatic nitrogens is 3. The maximum Gasteiger partial charge on any atom is 0.313 e. The molecule has 1 aromatic heterocycles. The third kappa shape index (κ3) is 3.75. The number of esters is 1. The number of ether oxygens (including phenoxy) is 2. The van der Waals surface area contributed by atoms with Crippen LogP contribution in [0.25, 0.3) is 11.0 Å². The van der Waals surface area contributed by atoms with E-state index < -0.39 is 35.6 Å². The smallest absolute Gasteiger partial charge is 0.313 e. The molecule has 0 bridgehead atoms. The number of rotatable bonds is 7. The van der Waals surface area contributed by atoms with Gasteiger partial charge >= 0.3 is 5.97 Å². The second kappa shape index (κ2) is 9.38. The Labute approximate surface area is 213 Å². The van der Waals surface area contributed by atoms with E-state index in [0.29, 0.717) is 32.4 Å². The zero-order chi connectivity index (χ0) is 25.6. The van der Waals surface area contributed by atoms with Crippen LogP contribution in [0.1, 0.15) is 19.3 Å². The maximum absolute atomic E-state index is 14.2. The number of fused-ring (bicyclic) bond motifs is 3. The average molecular weight is 508 g/mol. The van der Waals surface area contributed by atoms with Gasteiger partial charge in [0.15, 0.2) is 0 Å². The fourth-order valence-electron chi connectivity index (χ4n) is 6.14. The Kier molecular flexibility index (Phi) is 6.04. The zero-order valence-electron chi connectivity index (χ0n) is 20.3. The molecule has 2 saturated heterocycles. The lowest BCUT2D eigenvalue weighted by molar-refractivity contribution is -0.153. The lowest BCUT2D eigenvalue weighted by Crippen LogP contribution is -2.55. The Morgan fingerprint density at radius 2 is 1.95 bits per heavy atom. The summed E-state index contributed by atoms with van der Waals surface area (Å²) < 4.78 is 13.5. The number of cyclic esters (lactones) is 1. The Morgan fingerprint density at radius 3 is 2.81 bits per heavy atom. The number of aliphatic hydroxyl groups excluding tert-OH is 1. The highest BCUT2D eigenvalue weighted by atomic mass is 16.6. The summed E-state index contributed by atoms with van der Waals surface area (Å²) in [6.45, 7) is 0.973. The van der Waals surface area contributed by atoms with Crippen molar-refractivity contribution in [2.24, 2.45) is 11.8 Å². The van der Waals surface area contributed by atoms with E-state index in [9.17, 15) is 19.5 Å². The van der Waals surface area contributed by atoms with E-state index >= 15 is 0 Å². The summed E-state index contributed by atoms with van der Waals surface area (Å²) in [6, 6.07) is 6.58. The third-order valence-corrected chi connectivity index (χ3v) is 7.78. The quantitative estimate of drug-likeness (QED) is 0.329. The number of carbonyl (C=O) groups excluding carboxylic acids is 3. The normalized spacial score (nSPS) is 30.8. The molecule has 1 spiro atoms. The molecule has 4 aliphatic heterocycles. The first-order chi connectivity index (χ1) is 18.0. The first-order valence-corrected chi connectivity index (χ1v) is 12.7. The standard InChI is InChI=1S/C26H29N5O6/c32-14-5-1-4-13-30-22-24(34)29(16-31-18-9-3-2-8-17(18)27-28-31)12-7-11-26(22)21(23(30)33)20-19(37-26)10-6-15-36-25(20)35/h2-3,6-11,19-22,32H,1,4-5,12-16H2/t19-,20+,21+,22?,26+/m1/s1. The fourth-order valence-corrected chi connectivity index (χ4v) is 6.14. The molecular weight excluding hydrogens is 478 g/mol. The van der Waals surface area contributed by atoms with E-state index in [1.165, 1.54) is 0 Å². The number of aliphatic hydroxyl groups is 1. The number of amides is 2. The van der Waals surface area contributed by atoms with E-state index in [1.807, 2.05) is 30.3 Å². The summed E-state index contributed by atoms with van der Waals surface area (Å²) in [4.78, 5) is 44.3.